The van der Waals surface area contributed by atoms with Crippen molar-refractivity contribution < 1.29 is 18.9 Å². The summed E-state index contributed by atoms with van der Waals surface area (Å²) in [6.07, 6.45) is 2.02. The predicted octanol–water partition coefficient (Wildman–Crippen LogP) is 9.14. The van der Waals surface area contributed by atoms with Gasteiger partial charge >= 0.3 is 0 Å². The quantitative estimate of drug-likeness (QED) is 0.140. The van der Waals surface area contributed by atoms with Gasteiger partial charge in [0.25, 0.3) is 0 Å². The minimum Gasteiger partial charge on any atom is -0.497 e. The molecule has 0 N–H and O–H groups in total. The van der Waals surface area contributed by atoms with Crippen LogP contribution in [0.15, 0.2) is 132 Å². The normalized spacial score (nSPS) is 10.8. The molecule has 0 saturated heterocycles. The second-order valence-corrected chi connectivity index (χ2v) is 11.0. The Kier molecular flexibility index (Phi) is 8.94. The van der Waals surface area contributed by atoms with Gasteiger partial charge in [0.15, 0.2) is 0 Å². The van der Waals surface area contributed by atoms with Crippen LogP contribution in [0, 0.1) is 0 Å². The molecule has 0 aliphatic rings. The molecule has 0 fully saturated rings. The number of nitrogens with zero attached hydrogens (tertiary/aromatic N) is 2. The van der Waals surface area contributed by atoms with Crippen molar-refractivity contribution in [1.82, 2.24) is 9.55 Å². The highest BCUT2D eigenvalue weighted by Gasteiger charge is 2.21. The molecule has 0 bridgehead atoms. The van der Waals surface area contributed by atoms with Crippen LogP contribution < -0.4 is 18.9 Å². The molecule has 0 atom stereocenters. The number of benzene rings is 5. The highest BCUT2D eigenvalue weighted by atomic mass is 79.9. The van der Waals surface area contributed by atoms with Gasteiger partial charge in [0.1, 0.15) is 42.0 Å². The van der Waals surface area contributed by atoms with Crippen molar-refractivity contribution in [2.45, 2.75) is 13.2 Å². The molecule has 0 spiro atoms. The molecule has 0 aliphatic carbocycles. The number of methoxy groups -OCH3 is 2. The Labute approximate surface area is 265 Å². The fourth-order valence-electron chi connectivity index (χ4n) is 4.87. The molecule has 7 heteroatoms. The summed E-state index contributed by atoms with van der Waals surface area (Å²) in [5, 5.41) is 0. The summed E-state index contributed by atoms with van der Waals surface area (Å²) in [4.78, 5) is 5.21. The van der Waals surface area contributed by atoms with Crippen LogP contribution >= 0.6 is 15.9 Å². The van der Waals surface area contributed by atoms with Gasteiger partial charge in [0.2, 0.25) is 0 Å². The molecule has 0 saturated carbocycles. The van der Waals surface area contributed by atoms with E-state index in [4.69, 9.17) is 23.9 Å². The van der Waals surface area contributed by atoms with E-state index in [0.29, 0.717) is 42.0 Å². The topological polar surface area (TPSA) is 54.7 Å². The summed E-state index contributed by atoms with van der Waals surface area (Å²) < 4.78 is 27.0. The molecule has 6 aromatic rings. The Hall–Kier alpha value is -5.01. The Balaban J connectivity index is 1.47. The van der Waals surface area contributed by atoms with Crippen molar-refractivity contribution in [2.75, 3.05) is 14.2 Å². The second kappa shape index (κ2) is 13.5. The summed E-state index contributed by atoms with van der Waals surface area (Å²) in [5.41, 5.74) is 5.42. The molecule has 0 unspecified atom stereocenters. The van der Waals surface area contributed by atoms with Crippen LogP contribution in [0.4, 0.5) is 0 Å². The number of rotatable bonds is 11. The maximum atomic E-state index is 6.39. The van der Waals surface area contributed by atoms with E-state index in [2.05, 4.69) is 20.5 Å². The van der Waals surface area contributed by atoms with Crippen LogP contribution in [0.2, 0.25) is 0 Å². The van der Waals surface area contributed by atoms with Gasteiger partial charge in [-0.2, -0.15) is 0 Å². The first-order valence-electron chi connectivity index (χ1n) is 14.2. The van der Waals surface area contributed by atoms with E-state index < -0.39 is 0 Å². The molecule has 0 aliphatic heterocycles. The fourth-order valence-corrected chi connectivity index (χ4v) is 5.13. The first-order valence-corrected chi connectivity index (χ1v) is 15.0. The third kappa shape index (κ3) is 6.63. The van der Waals surface area contributed by atoms with Crippen molar-refractivity contribution in [3.8, 4) is 51.3 Å². The average Bonchev–Trinajstić information content (AvgIpc) is 3.52. The molecular weight excluding hydrogens is 616 g/mol. The standard InChI is InChI=1S/C37H31BrN2O4/c1-41-30-17-19-35(43-24-26-9-5-3-6-10-26)32(21-30)34-23-40(29-15-13-28(38)14-16-29)37(39-34)33-22-31(42-2)18-20-36(33)44-25-27-11-7-4-8-12-27/h3-23H,24-25H2,1-2H3. The molecule has 6 nitrogen and oxygen atoms in total. The SMILES string of the molecule is COc1ccc(OCc2ccccc2)c(-c2cn(-c3ccc(Br)cc3)c(-c3cc(OC)ccc3OCc3ccccc3)n2)c1. The number of hydrogen-bond acceptors (Lipinski definition) is 5. The highest BCUT2D eigenvalue weighted by Crippen LogP contribution is 2.39. The maximum absolute atomic E-state index is 6.39. The highest BCUT2D eigenvalue weighted by molar-refractivity contribution is 9.10. The molecule has 1 heterocycles. The van der Waals surface area contributed by atoms with Crippen molar-refractivity contribution >= 4 is 15.9 Å². The van der Waals surface area contributed by atoms with Crippen molar-refractivity contribution in [3.05, 3.63) is 143 Å². The van der Waals surface area contributed by atoms with Crippen LogP contribution in [-0.4, -0.2) is 23.8 Å². The Morgan fingerprint density at radius 3 is 1.68 bits per heavy atom. The zero-order valence-corrected chi connectivity index (χ0v) is 26.0. The van der Waals surface area contributed by atoms with E-state index in [1.54, 1.807) is 14.2 Å². The zero-order valence-electron chi connectivity index (χ0n) is 24.4. The third-order valence-corrected chi connectivity index (χ3v) is 7.70. The average molecular weight is 648 g/mol. The number of halogens is 1. The van der Waals surface area contributed by atoms with Crippen LogP contribution in [0.1, 0.15) is 11.1 Å². The minimum atomic E-state index is 0.416. The largest absolute Gasteiger partial charge is 0.497 e. The van der Waals surface area contributed by atoms with E-state index in [9.17, 15) is 0 Å². The lowest BCUT2D eigenvalue weighted by molar-refractivity contribution is 0.306. The van der Waals surface area contributed by atoms with E-state index >= 15 is 0 Å². The minimum absolute atomic E-state index is 0.416. The molecule has 44 heavy (non-hydrogen) atoms. The number of ether oxygens (including phenoxy) is 4. The van der Waals surface area contributed by atoms with Crippen molar-refractivity contribution in [1.29, 1.82) is 0 Å². The predicted molar refractivity (Wildman–Crippen MR) is 177 cm³/mol. The third-order valence-electron chi connectivity index (χ3n) is 7.18. The fraction of sp³-hybridized carbons (Fsp3) is 0.108. The molecule has 0 amide bonds. The molecule has 0 radical (unpaired) electrons. The van der Waals surface area contributed by atoms with E-state index in [1.165, 1.54) is 0 Å². The van der Waals surface area contributed by atoms with Gasteiger partial charge in [-0.15, -0.1) is 0 Å². The lowest BCUT2D eigenvalue weighted by Crippen LogP contribution is -2.01. The molecule has 1 aromatic heterocycles. The van der Waals surface area contributed by atoms with Gasteiger partial charge in [-0.3, -0.25) is 4.57 Å². The van der Waals surface area contributed by atoms with Crippen LogP contribution in [0.3, 0.4) is 0 Å². The van der Waals surface area contributed by atoms with Gasteiger partial charge in [-0.25, -0.2) is 4.98 Å². The first kappa shape index (κ1) is 29.1. The lowest BCUT2D eigenvalue weighted by atomic mass is 10.1. The summed E-state index contributed by atoms with van der Waals surface area (Å²) in [7, 11) is 3.31. The molecule has 220 valence electrons. The zero-order chi connectivity index (χ0) is 30.3. The monoisotopic (exact) mass is 646 g/mol. The first-order chi connectivity index (χ1) is 21.6. The lowest BCUT2D eigenvalue weighted by Gasteiger charge is -2.14. The second-order valence-electron chi connectivity index (χ2n) is 10.1. The molecular formula is C37H31BrN2O4. The van der Waals surface area contributed by atoms with Gasteiger partial charge in [-0.1, -0.05) is 76.6 Å². The Morgan fingerprint density at radius 1 is 0.614 bits per heavy atom. The molecule has 6 rings (SSSR count). The summed E-state index contributed by atoms with van der Waals surface area (Å²) in [6, 6.07) is 39.9. The number of imidazole rings is 1. The summed E-state index contributed by atoms with van der Waals surface area (Å²) >= 11 is 3.57. The Morgan fingerprint density at radius 2 is 1.14 bits per heavy atom. The molecule has 5 aromatic carbocycles. The van der Waals surface area contributed by atoms with Gasteiger partial charge < -0.3 is 18.9 Å². The van der Waals surface area contributed by atoms with Crippen LogP contribution in [0.25, 0.3) is 28.3 Å². The van der Waals surface area contributed by atoms with Crippen LogP contribution in [-0.2, 0) is 13.2 Å². The van der Waals surface area contributed by atoms with E-state index in [0.717, 1.165) is 38.1 Å². The van der Waals surface area contributed by atoms with Crippen molar-refractivity contribution in [2.24, 2.45) is 0 Å². The van der Waals surface area contributed by atoms with Crippen molar-refractivity contribution in [3.63, 3.8) is 0 Å². The summed E-state index contributed by atoms with van der Waals surface area (Å²) in [6.45, 7) is 0.840. The summed E-state index contributed by atoms with van der Waals surface area (Å²) in [5.74, 6) is 3.50. The van der Waals surface area contributed by atoms with Gasteiger partial charge in [-0.05, 0) is 71.8 Å². The number of aromatic nitrogens is 2. The van der Waals surface area contributed by atoms with Gasteiger partial charge in [0, 0.05) is 21.9 Å². The van der Waals surface area contributed by atoms with E-state index in [1.807, 2.05) is 128 Å². The van der Waals surface area contributed by atoms with E-state index in [-0.39, 0.29) is 0 Å². The number of hydrogen-bond donors (Lipinski definition) is 0. The smallest absolute Gasteiger partial charge is 0.149 e. The van der Waals surface area contributed by atoms with Gasteiger partial charge in [0.05, 0.1) is 25.5 Å². The van der Waals surface area contributed by atoms with Crippen LogP contribution in [0.5, 0.6) is 23.0 Å². The Bertz CT molecular complexity index is 1840. The maximum Gasteiger partial charge on any atom is 0.149 e.